The van der Waals surface area contributed by atoms with Gasteiger partial charge in [0, 0.05) is 6.54 Å². The van der Waals surface area contributed by atoms with E-state index < -0.39 is 12.0 Å². The normalized spacial score (nSPS) is 18.9. The van der Waals surface area contributed by atoms with Crippen molar-refractivity contribution >= 4 is 11.9 Å². The molecule has 5 heteroatoms. The summed E-state index contributed by atoms with van der Waals surface area (Å²) in [5.41, 5.74) is 2.12. The summed E-state index contributed by atoms with van der Waals surface area (Å²) in [4.78, 5) is 24.8. The minimum atomic E-state index is -1.01. The zero-order valence-electron chi connectivity index (χ0n) is 11.5. The van der Waals surface area contributed by atoms with Gasteiger partial charge in [-0.25, -0.2) is 4.79 Å². The summed E-state index contributed by atoms with van der Waals surface area (Å²) in [6.45, 7) is 2.87. The van der Waals surface area contributed by atoms with Crippen LogP contribution in [0.25, 0.3) is 0 Å². The Labute approximate surface area is 118 Å². The summed E-state index contributed by atoms with van der Waals surface area (Å²) in [5.74, 6) is -1.18. The lowest BCUT2D eigenvalue weighted by Crippen LogP contribution is -2.53. The van der Waals surface area contributed by atoms with Crippen LogP contribution in [0.5, 0.6) is 0 Å². The molecule has 1 aliphatic rings. The number of carbonyl (C=O) groups is 2. The Bertz CT molecular complexity index is 483. The smallest absolute Gasteiger partial charge is 0.328 e. The summed E-state index contributed by atoms with van der Waals surface area (Å²) in [6, 6.07) is 6.97. The third-order valence-electron chi connectivity index (χ3n) is 3.52. The van der Waals surface area contributed by atoms with E-state index in [1.807, 2.05) is 24.3 Å². The molecule has 1 heterocycles. The second kappa shape index (κ2) is 6.52. The Kier molecular flexibility index (Phi) is 4.74. The predicted octanol–water partition coefficient (Wildman–Crippen LogP) is 1.10. The molecule has 1 aromatic carbocycles. The van der Waals surface area contributed by atoms with Gasteiger partial charge >= 0.3 is 5.97 Å². The first-order chi connectivity index (χ1) is 9.61. The number of carboxylic acids is 1. The van der Waals surface area contributed by atoms with Crippen LogP contribution in [-0.2, 0) is 27.2 Å². The van der Waals surface area contributed by atoms with E-state index in [1.165, 1.54) is 10.5 Å². The van der Waals surface area contributed by atoms with Gasteiger partial charge in [0.25, 0.3) is 0 Å². The van der Waals surface area contributed by atoms with E-state index in [0.29, 0.717) is 13.2 Å². The van der Waals surface area contributed by atoms with Crippen molar-refractivity contribution in [3.8, 4) is 0 Å². The number of rotatable bonds is 4. The number of amides is 1. The first kappa shape index (κ1) is 14.5. The maximum Gasteiger partial charge on any atom is 0.328 e. The van der Waals surface area contributed by atoms with Crippen LogP contribution in [0.1, 0.15) is 18.1 Å². The van der Waals surface area contributed by atoms with Crippen molar-refractivity contribution in [2.45, 2.75) is 25.8 Å². The number of aryl methyl sites for hydroxylation is 1. The molecule has 1 aliphatic heterocycles. The molecule has 0 aliphatic carbocycles. The number of aliphatic carboxylic acids is 1. The van der Waals surface area contributed by atoms with E-state index in [2.05, 4.69) is 6.92 Å². The minimum absolute atomic E-state index is 0.0653. The number of carbonyl (C=O) groups excluding carboxylic acids is 1. The molecule has 1 atom stereocenters. The van der Waals surface area contributed by atoms with Gasteiger partial charge in [-0.2, -0.15) is 0 Å². The second-order valence-corrected chi connectivity index (χ2v) is 4.86. The average Bonchev–Trinajstić information content (AvgIpc) is 2.48. The molecule has 108 valence electrons. The SMILES string of the molecule is CCc1ccc(CC(=O)N2CCOCC2C(=O)O)cc1. The Balaban J connectivity index is 2.03. The van der Waals surface area contributed by atoms with Crippen LogP contribution in [0.4, 0.5) is 0 Å². The number of hydrogen-bond acceptors (Lipinski definition) is 3. The van der Waals surface area contributed by atoms with Crippen molar-refractivity contribution in [2.24, 2.45) is 0 Å². The van der Waals surface area contributed by atoms with Crippen molar-refractivity contribution in [2.75, 3.05) is 19.8 Å². The van der Waals surface area contributed by atoms with Crippen LogP contribution in [0.15, 0.2) is 24.3 Å². The van der Waals surface area contributed by atoms with Gasteiger partial charge < -0.3 is 14.7 Å². The number of ether oxygens (including phenoxy) is 1. The first-order valence-electron chi connectivity index (χ1n) is 6.79. The van der Waals surface area contributed by atoms with Crippen LogP contribution in [0.2, 0.25) is 0 Å². The van der Waals surface area contributed by atoms with Gasteiger partial charge in [-0.15, -0.1) is 0 Å². The topological polar surface area (TPSA) is 66.8 Å². The number of morpholine rings is 1. The van der Waals surface area contributed by atoms with Gasteiger partial charge in [0.1, 0.15) is 0 Å². The van der Waals surface area contributed by atoms with E-state index in [-0.39, 0.29) is 18.9 Å². The Morgan fingerprint density at radius 3 is 2.55 bits per heavy atom. The van der Waals surface area contributed by atoms with Crippen molar-refractivity contribution in [1.29, 1.82) is 0 Å². The highest BCUT2D eigenvalue weighted by Crippen LogP contribution is 2.12. The molecule has 1 aromatic rings. The fourth-order valence-electron chi connectivity index (χ4n) is 2.28. The van der Waals surface area contributed by atoms with Crippen molar-refractivity contribution in [3.05, 3.63) is 35.4 Å². The zero-order valence-corrected chi connectivity index (χ0v) is 11.5. The first-order valence-corrected chi connectivity index (χ1v) is 6.79. The third-order valence-corrected chi connectivity index (χ3v) is 3.52. The number of hydrogen-bond donors (Lipinski definition) is 1. The summed E-state index contributed by atoms with van der Waals surface area (Å²) < 4.78 is 5.13. The molecule has 0 saturated carbocycles. The molecule has 1 saturated heterocycles. The molecule has 1 amide bonds. The van der Waals surface area contributed by atoms with Gasteiger partial charge in [-0.1, -0.05) is 31.2 Å². The summed E-state index contributed by atoms with van der Waals surface area (Å²) in [6.07, 6.45) is 1.19. The van der Waals surface area contributed by atoms with Gasteiger partial charge in [0.05, 0.1) is 19.6 Å². The highest BCUT2D eigenvalue weighted by atomic mass is 16.5. The van der Waals surface area contributed by atoms with Gasteiger partial charge in [-0.3, -0.25) is 4.79 Å². The standard InChI is InChI=1S/C15H19NO4/c1-2-11-3-5-12(6-4-11)9-14(17)16-7-8-20-10-13(16)15(18)19/h3-6,13H,2,7-10H2,1H3,(H,18,19). The molecule has 5 nitrogen and oxygen atoms in total. The lowest BCUT2D eigenvalue weighted by molar-refractivity contribution is -0.158. The molecule has 1 unspecified atom stereocenters. The largest absolute Gasteiger partial charge is 0.480 e. The minimum Gasteiger partial charge on any atom is -0.480 e. The average molecular weight is 277 g/mol. The van der Waals surface area contributed by atoms with E-state index >= 15 is 0 Å². The molecule has 20 heavy (non-hydrogen) atoms. The number of carboxylic acid groups (broad SMARTS) is 1. The van der Waals surface area contributed by atoms with E-state index in [9.17, 15) is 9.59 Å². The van der Waals surface area contributed by atoms with Crippen molar-refractivity contribution < 1.29 is 19.4 Å². The van der Waals surface area contributed by atoms with Gasteiger partial charge in [0.2, 0.25) is 5.91 Å². The van der Waals surface area contributed by atoms with Crippen molar-refractivity contribution in [3.63, 3.8) is 0 Å². The van der Waals surface area contributed by atoms with Crippen LogP contribution in [0, 0.1) is 0 Å². The quantitative estimate of drug-likeness (QED) is 0.895. The molecular formula is C15H19NO4. The Hall–Kier alpha value is -1.88. The second-order valence-electron chi connectivity index (χ2n) is 4.86. The summed E-state index contributed by atoms with van der Waals surface area (Å²) >= 11 is 0. The zero-order chi connectivity index (χ0) is 14.5. The van der Waals surface area contributed by atoms with Crippen LogP contribution in [0.3, 0.4) is 0 Å². The van der Waals surface area contributed by atoms with E-state index in [0.717, 1.165) is 12.0 Å². The van der Waals surface area contributed by atoms with E-state index in [4.69, 9.17) is 9.84 Å². The van der Waals surface area contributed by atoms with Gasteiger partial charge in [-0.05, 0) is 17.5 Å². The fourth-order valence-corrected chi connectivity index (χ4v) is 2.28. The van der Waals surface area contributed by atoms with Crippen LogP contribution in [-0.4, -0.2) is 47.7 Å². The molecule has 0 aromatic heterocycles. The predicted molar refractivity (Wildman–Crippen MR) is 73.5 cm³/mol. The maximum atomic E-state index is 12.2. The molecule has 0 bridgehead atoms. The van der Waals surface area contributed by atoms with Gasteiger partial charge in [0.15, 0.2) is 6.04 Å². The lowest BCUT2D eigenvalue weighted by Gasteiger charge is -2.32. The molecule has 0 spiro atoms. The molecular weight excluding hydrogens is 258 g/mol. The Morgan fingerprint density at radius 2 is 1.95 bits per heavy atom. The highest BCUT2D eigenvalue weighted by Gasteiger charge is 2.32. The number of nitrogens with zero attached hydrogens (tertiary/aromatic N) is 1. The molecule has 1 fully saturated rings. The summed E-state index contributed by atoms with van der Waals surface area (Å²) in [5, 5.41) is 9.12. The Morgan fingerprint density at radius 1 is 1.30 bits per heavy atom. The van der Waals surface area contributed by atoms with E-state index in [1.54, 1.807) is 0 Å². The number of benzene rings is 1. The van der Waals surface area contributed by atoms with Crippen LogP contribution >= 0.6 is 0 Å². The summed E-state index contributed by atoms with van der Waals surface area (Å²) in [7, 11) is 0. The monoisotopic (exact) mass is 277 g/mol. The van der Waals surface area contributed by atoms with Crippen LogP contribution < -0.4 is 0 Å². The maximum absolute atomic E-state index is 12.2. The third kappa shape index (κ3) is 3.36. The fraction of sp³-hybridized carbons (Fsp3) is 0.467. The highest BCUT2D eigenvalue weighted by molar-refractivity contribution is 5.85. The molecule has 0 radical (unpaired) electrons. The van der Waals surface area contributed by atoms with Crippen molar-refractivity contribution in [1.82, 2.24) is 4.90 Å². The lowest BCUT2D eigenvalue weighted by atomic mass is 10.1. The molecule has 2 rings (SSSR count). The molecule has 1 N–H and O–H groups in total.